The number of H-pyrrole nitrogens is 1. The van der Waals surface area contributed by atoms with Gasteiger partial charge in [-0.25, -0.2) is 4.98 Å². The number of hydrogen-bond donors (Lipinski definition) is 1. The van der Waals surface area contributed by atoms with Gasteiger partial charge < -0.3 is 14.4 Å². The van der Waals surface area contributed by atoms with E-state index in [1.165, 1.54) is 0 Å². The molecule has 0 aliphatic carbocycles. The van der Waals surface area contributed by atoms with Crippen molar-refractivity contribution in [2.75, 3.05) is 31.6 Å². The van der Waals surface area contributed by atoms with Gasteiger partial charge in [-0.2, -0.15) is 0 Å². The van der Waals surface area contributed by atoms with E-state index in [1.54, 1.807) is 7.11 Å². The number of hydrogen-bond acceptors (Lipinski definition) is 7. The second-order valence-corrected chi connectivity index (χ2v) is 8.80. The molecule has 4 heterocycles. The van der Waals surface area contributed by atoms with E-state index < -0.39 is 0 Å². The summed E-state index contributed by atoms with van der Waals surface area (Å²) in [5.74, 6) is 1.48. The lowest BCUT2D eigenvalue weighted by Crippen LogP contribution is -2.47. The van der Waals surface area contributed by atoms with Crippen LogP contribution in [0.25, 0.3) is 10.9 Å². The first-order chi connectivity index (χ1) is 15.5. The number of aromatic amines is 1. The highest BCUT2D eigenvalue weighted by Gasteiger charge is 2.27. The highest BCUT2D eigenvalue weighted by molar-refractivity contribution is 5.80. The largest absolute Gasteiger partial charge is 0.497 e. The molecule has 0 saturated carbocycles. The van der Waals surface area contributed by atoms with Gasteiger partial charge in [0.1, 0.15) is 5.75 Å². The van der Waals surface area contributed by atoms with Crippen LogP contribution in [0.15, 0.2) is 35.1 Å². The van der Waals surface area contributed by atoms with E-state index in [0.717, 1.165) is 59.8 Å². The Morgan fingerprint density at radius 3 is 2.75 bits per heavy atom. The molecule has 8 heteroatoms. The van der Waals surface area contributed by atoms with Crippen molar-refractivity contribution < 1.29 is 9.47 Å². The smallest absolute Gasteiger partial charge is 0.255 e. The van der Waals surface area contributed by atoms with Gasteiger partial charge in [-0.1, -0.05) is 6.07 Å². The van der Waals surface area contributed by atoms with Gasteiger partial charge in [0.2, 0.25) is 5.95 Å². The molecule has 2 aliphatic rings. The number of aromatic nitrogens is 3. The molecule has 2 atom stereocenters. The maximum atomic E-state index is 12.8. The summed E-state index contributed by atoms with van der Waals surface area (Å²) in [6.07, 6.45) is 0.907. The molecule has 0 radical (unpaired) electrons. The Kier molecular flexibility index (Phi) is 5.57. The van der Waals surface area contributed by atoms with Crippen LogP contribution in [0.2, 0.25) is 0 Å². The van der Waals surface area contributed by atoms with Crippen LogP contribution in [0.5, 0.6) is 5.75 Å². The molecule has 5 rings (SSSR count). The van der Waals surface area contributed by atoms with E-state index in [0.29, 0.717) is 18.9 Å². The fourth-order valence-corrected chi connectivity index (χ4v) is 4.71. The fourth-order valence-electron chi connectivity index (χ4n) is 4.71. The third-order valence-corrected chi connectivity index (χ3v) is 6.20. The minimum atomic E-state index is -0.0192. The van der Waals surface area contributed by atoms with Gasteiger partial charge in [0.05, 0.1) is 36.2 Å². The van der Waals surface area contributed by atoms with Gasteiger partial charge in [0, 0.05) is 43.7 Å². The summed E-state index contributed by atoms with van der Waals surface area (Å²) in [4.78, 5) is 29.9. The van der Waals surface area contributed by atoms with Crippen LogP contribution in [-0.2, 0) is 24.2 Å². The minimum absolute atomic E-state index is 0.0192. The van der Waals surface area contributed by atoms with E-state index in [1.807, 2.05) is 32.0 Å². The van der Waals surface area contributed by atoms with Crippen LogP contribution in [-0.4, -0.2) is 58.8 Å². The second kappa shape index (κ2) is 8.52. The summed E-state index contributed by atoms with van der Waals surface area (Å²) < 4.78 is 11.1. The molecule has 1 N–H and O–H groups in total. The molecule has 2 aromatic heterocycles. The van der Waals surface area contributed by atoms with Crippen LogP contribution in [0.1, 0.15) is 30.8 Å². The zero-order valence-corrected chi connectivity index (χ0v) is 18.8. The molecule has 1 aromatic carbocycles. The van der Waals surface area contributed by atoms with Crippen molar-refractivity contribution in [3.05, 3.63) is 57.6 Å². The molecule has 2 aliphatic heterocycles. The SMILES string of the molecule is COc1ccc2nc(CN3CCc4c(nc(N5C[C@@H](C)O[C@@H](C)C5)[nH]c4=O)C3)ccc2c1. The monoisotopic (exact) mass is 435 g/mol. The normalized spacial score (nSPS) is 21.5. The Labute approximate surface area is 187 Å². The number of rotatable bonds is 4. The second-order valence-electron chi connectivity index (χ2n) is 8.80. The number of ether oxygens (including phenoxy) is 2. The molecule has 8 nitrogen and oxygen atoms in total. The highest BCUT2D eigenvalue weighted by Crippen LogP contribution is 2.23. The quantitative estimate of drug-likeness (QED) is 0.674. The van der Waals surface area contributed by atoms with Gasteiger partial charge in [-0.05, 0) is 44.5 Å². The zero-order valence-electron chi connectivity index (χ0n) is 18.8. The molecule has 0 unspecified atom stereocenters. The van der Waals surface area contributed by atoms with Crippen molar-refractivity contribution >= 4 is 16.9 Å². The molecule has 0 amide bonds. The minimum Gasteiger partial charge on any atom is -0.497 e. The Balaban J connectivity index is 1.35. The van der Waals surface area contributed by atoms with E-state index >= 15 is 0 Å². The summed E-state index contributed by atoms with van der Waals surface area (Å²) >= 11 is 0. The molecule has 3 aromatic rings. The summed E-state index contributed by atoms with van der Waals surface area (Å²) in [5, 5.41) is 1.06. The summed E-state index contributed by atoms with van der Waals surface area (Å²) in [6.45, 7) is 7.72. The third kappa shape index (κ3) is 4.20. The molecular formula is C24H29N5O3. The lowest BCUT2D eigenvalue weighted by molar-refractivity contribution is -0.00576. The molecule has 1 saturated heterocycles. The van der Waals surface area contributed by atoms with Gasteiger partial charge in [0.25, 0.3) is 5.56 Å². The number of pyridine rings is 1. The highest BCUT2D eigenvalue weighted by atomic mass is 16.5. The lowest BCUT2D eigenvalue weighted by Gasteiger charge is -2.36. The molecule has 0 spiro atoms. The Morgan fingerprint density at radius 1 is 1.16 bits per heavy atom. The van der Waals surface area contributed by atoms with Gasteiger partial charge in [-0.3, -0.25) is 19.7 Å². The predicted octanol–water partition coefficient (Wildman–Crippen LogP) is 2.50. The summed E-state index contributed by atoms with van der Waals surface area (Å²) in [7, 11) is 1.67. The predicted molar refractivity (Wildman–Crippen MR) is 123 cm³/mol. The van der Waals surface area contributed by atoms with Crippen LogP contribution >= 0.6 is 0 Å². The summed E-state index contributed by atoms with van der Waals surface area (Å²) in [5.41, 5.74) is 3.61. The standard InChI is InChI=1S/C24H29N5O3/c1-15-11-29(12-16(2)32-15)24-26-22-14-28(9-8-20(22)23(30)27-24)13-18-5-4-17-10-19(31-3)6-7-21(17)25-18/h4-7,10,15-16H,8-9,11-14H2,1-3H3,(H,26,27,30)/t15-,16+. The zero-order chi connectivity index (χ0) is 22.2. The van der Waals surface area contributed by atoms with Crippen molar-refractivity contribution in [2.45, 2.75) is 45.6 Å². The van der Waals surface area contributed by atoms with Crippen molar-refractivity contribution in [3.8, 4) is 5.75 Å². The topological polar surface area (TPSA) is 83.6 Å². The first kappa shape index (κ1) is 20.9. The van der Waals surface area contributed by atoms with E-state index in [2.05, 4.69) is 26.9 Å². The Morgan fingerprint density at radius 2 is 1.97 bits per heavy atom. The number of methoxy groups -OCH3 is 1. The van der Waals surface area contributed by atoms with Gasteiger partial charge in [-0.15, -0.1) is 0 Å². The average Bonchev–Trinajstić information content (AvgIpc) is 2.78. The Bertz CT molecular complexity index is 1180. The van der Waals surface area contributed by atoms with Crippen molar-refractivity contribution in [1.29, 1.82) is 0 Å². The fraction of sp³-hybridized carbons (Fsp3) is 0.458. The van der Waals surface area contributed by atoms with Crippen LogP contribution in [0.4, 0.5) is 5.95 Å². The van der Waals surface area contributed by atoms with Gasteiger partial charge in [0.15, 0.2) is 0 Å². The van der Waals surface area contributed by atoms with Crippen molar-refractivity contribution in [3.63, 3.8) is 0 Å². The van der Waals surface area contributed by atoms with Gasteiger partial charge >= 0.3 is 0 Å². The number of benzene rings is 1. The van der Waals surface area contributed by atoms with Crippen molar-refractivity contribution in [1.82, 2.24) is 19.9 Å². The average molecular weight is 436 g/mol. The molecule has 32 heavy (non-hydrogen) atoms. The molecular weight excluding hydrogens is 406 g/mol. The number of fused-ring (bicyclic) bond motifs is 2. The maximum Gasteiger partial charge on any atom is 0.255 e. The van der Waals surface area contributed by atoms with E-state index in [9.17, 15) is 4.79 Å². The van der Waals surface area contributed by atoms with Crippen LogP contribution < -0.4 is 15.2 Å². The maximum absolute atomic E-state index is 12.8. The third-order valence-electron chi connectivity index (χ3n) is 6.20. The molecule has 0 bridgehead atoms. The van der Waals surface area contributed by atoms with E-state index in [4.69, 9.17) is 19.4 Å². The number of anilines is 1. The first-order valence-corrected chi connectivity index (χ1v) is 11.2. The number of morpholine rings is 1. The molecule has 1 fully saturated rings. The van der Waals surface area contributed by atoms with Crippen LogP contribution in [0, 0.1) is 0 Å². The summed E-state index contributed by atoms with van der Waals surface area (Å²) in [6, 6.07) is 10.1. The van der Waals surface area contributed by atoms with E-state index in [-0.39, 0.29) is 17.8 Å². The first-order valence-electron chi connectivity index (χ1n) is 11.2. The molecule has 168 valence electrons. The number of nitrogens with one attached hydrogen (secondary N) is 1. The number of nitrogens with zero attached hydrogens (tertiary/aromatic N) is 4. The van der Waals surface area contributed by atoms with Crippen LogP contribution in [0.3, 0.4) is 0 Å². The Hall–Kier alpha value is -2.97. The van der Waals surface area contributed by atoms with Crippen molar-refractivity contribution in [2.24, 2.45) is 0 Å². The lowest BCUT2D eigenvalue weighted by atomic mass is 10.1.